The number of ether oxygens (including phenoxy) is 2. The predicted molar refractivity (Wildman–Crippen MR) is 85.3 cm³/mol. The quantitative estimate of drug-likeness (QED) is 0.478. The number of azide groups is 1. The molecule has 0 radical (unpaired) electrons. The zero-order valence-electron chi connectivity index (χ0n) is 12.6. The molecule has 2 aromatic rings. The van der Waals surface area contributed by atoms with Crippen molar-refractivity contribution in [1.29, 1.82) is 0 Å². The molecule has 1 aliphatic heterocycles. The fourth-order valence-corrected chi connectivity index (χ4v) is 2.61. The van der Waals surface area contributed by atoms with E-state index in [1.165, 1.54) is 11.1 Å². The van der Waals surface area contributed by atoms with E-state index in [1.807, 2.05) is 24.3 Å². The first-order valence-electron chi connectivity index (χ1n) is 7.20. The first kappa shape index (κ1) is 14.3. The normalized spacial score (nSPS) is 16.0. The minimum absolute atomic E-state index is 0.255. The maximum atomic E-state index is 8.45. The molecule has 0 bridgehead atoms. The summed E-state index contributed by atoms with van der Waals surface area (Å²) in [6.45, 7) is 4.85. The lowest BCUT2D eigenvalue weighted by molar-refractivity contribution is 0.0977. The van der Waals surface area contributed by atoms with Crippen LogP contribution in [-0.4, -0.2) is 19.3 Å². The smallest absolute Gasteiger partial charge is 0.169 e. The molecule has 3 rings (SSSR count). The topological polar surface area (TPSA) is 67.2 Å². The summed E-state index contributed by atoms with van der Waals surface area (Å²) in [5.74, 6) is 1.45. The molecule has 0 amide bonds. The highest BCUT2D eigenvalue weighted by molar-refractivity contribution is 5.77. The van der Waals surface area contributed by atoms with Crippen LogP contribution in [0.5, 0.6) is 11.5 Å². The monoisotopic (exact) mass is 295 g/mol. The summed E-state index contributed by atoms with van der Waals surface area (Å²) in [5, 5.41) is 3.58. The van der Waals surface area contributed by atoms with Gasteiger partial charge in [0.25, 0.3) is 0 Å². The summed E-state index contributed by atoms with van der Waals surface area (Å²) in [6, 6.07) is 12.1. The second kappa shape index (κ2) is 6.00. The Labute approximate surface area is 129 Å². The van der Waals surface area contributed by atoms with E-state index < -0.39 is 0 Å². The SMILES string of the molecule is Cc1cccc(-c2cccc3c2OC(CN=[N+]=[N-])CO3)c1C. The molecule has 1 heterocycles. The number of hydrogen-bond acceptors (Lipinski definition) is 3. The summed E-state index contributed by atoms with van der Waals surface area (Å²) >= 11 is 0. The van der Waals surface area contributed by atoms with Crippen molar-refractivity contribution in [3.8, 4) is 22.6 Å². The summed E-state index contributed by atoms with van der Waals surface area (Å²) in [4.78, 5) is 2.78. The summed E-state index contributed by atoms with van der Waals surface area (Å²) in [5.41, 5.74) is 13.0. The maximum absolute atomic E-state index is 8.45. The van der Waals surface area contributed by atoms with Crippen LogP contribution in [0.3, 0.4) is 0 Å². The van der Waals surface area contributed by atoms with E-state index in [0.717, 1.165) is 22.6 Å². The Morgan fingerprint density at radius 2 is 1.95 bits per heavy atom. The molecule has 0 aromatic heterocycles. The van der Waals surface area contributed by atoms with Gasteiger partial charge in [0.05, 0.1) is 6.54 Å². The zero-order valence-corrected chi connectivity index (χ0v) is 12.6. The fraction of sp³-hybridized carbons (Fsp3) is 0.294. The molecule has 0 aliphatic carbocycles. The zero-order chi connectivity index (χ0) is 15.5. The molecule has 1 aliphatic rings. The van der Waals surface area contributed by atoms with Crippen LogP contribution in [0.1, 0.15) is 11.1 Å². The van der Waals surface area contributed by atoms with Crippen molar-refractivity contribution in [2.45, 2.75) is 20.0 Å². The Balaban J connectivity index is 2.04. The molecule has 0 saturated carbocycles. The van der Waals surface area contributed by atoms with Crippen LogP contribution in [0.15, 0.2) is 41.5 Å². The standard InChI is InChI=1S/C17H17N3O2/c1-11-5-3-6-14(12(11)2)15-7-4-8-16-17(15)22-13(10-21-16)9-19-20-18/h3-8,13H,9-10H2,1-2H3. The van der Waals surface area contributed by atoms with Crippen molar-refractivity contribution in [2.75, 3.05) is 13.2 Å². The molecule has 1 unspecified atom stereocenters. The number of hydrogen-bond donors (Lipinski definition) is 0. The van der Waals surface area contributed by atoms with Gasteiger partial charge in [0.2, 0.25) is 0 Å². The van der Waals surface area contributed by atoms with Gasteiger partial charge in [-0.3, -0.25) is 0 Å². The van der Waals surface area contributed by atoms with Crippen molar-refractivity contribution in [2.24, 2.45) is 5.11 Å². The lowest BCUT2D eigenvalue weighted by atomic mass is 9.96. The average Bonchev–Trinajstić information content (AvgIpc) is 2.55. The number of aryl methyl sites for hydroxylation is 1. The van der Waals surface area contributed by atoms with Crippen molar-refractivity contribution in [3.05, 3.63) is 58.0 Å². The lowest BCUT2D eigenvalue weighted by Gasteiger charge is -2.27. The highest BCUT2D eigenvalue weighted by Crippen LogP contribution is 2.42. The van der Waals surface area contributed by atoms with E-state index in [9.17, 15) is 0 Å². The Morgan fingerprint density at radius 3 is 2.77 bits per heavy atom. The van der Waals surface area contributed by atoms with Crippen LogP contribution in [0.4, 0.5) is 0 Å². The van der Waals surface area contributed by atoms with Gasteiger partial charge in [0.15, 0.2) is 11.5 Å². The maximum Gasteiger partial charge on any atom is 0.169 e. The molecule has 22 heavy (non-hydrogen) atoms. The van der Waals surface area contributed by atoms with Crippen LogP contribution in [0.2, 0.25) is 0 Å². The first-order chi connectivity index (χ1) is 10.7. The molecule has 5 nitrogen and oxygen atoms in total. The van der Waals surface area contributed by atoms with Gasteiger partial charge in [0, 0.05) is 10.5 Å². The second-order valence-electron chi connectivity index (χ2n) is 5.34. The highest BCUT2D eigenvalue weighted by Gasteiger charge is 2.24. The number of nitrogens with zero attached hydrogens (tertiary/aromatic N) is 3. The average molecular weight is 295 g/mol. The lowest BCUT2D eigenvalue weighted by Crippen LogP contribution is -2.31. The Bertz CT molecular complexity index is 752. The summed E-state index contributed by atoms with van der Waals surface area (Å²) < 4.78 is 11.8. The van der Waals surface area contributed by atoms with E-state index in [2.05, 4.69) is 36.0 Å². The number of fused-ring (bicyclic) bond motifs is 1. The fourth-order valence-electron chi connectivity index (χ4n) is 2.61. The molecule has 0 spiro atoms. The third kappa shape index (κ3) is 2.59. The van der Waals surface area contributed by atoms with E-state index >= 15 is 0 Å². The molecule has 0 N–H and O–H groups in total. The van der Waals surface area contributed by atoms with E-state index in [-0.39, 0.29) is 12.6 Å². The van der Waals surface area contributed by atoms with Gasteiger partial charge in [0.1, 0.15) is 12.7 Å². The van der Waals surface area contributed by atoms with E-state index in [1.54, 1.807) is 0 Å². The van der Waals surface area contributed by atoms with E-state index in [0.29, 0.717) is 6.61 Å². The first-order valence-corrected chi connectivity index (χ1v) is 7.20. The van der Waals surface area contributed by atoms with Gasteiger partial charge < -0.3 is 9.47 Å². The molecule has 0 fully saturated rings. The van der Waals surface area contributed by atoms with Gasteiger partial charge >= 0.3 is 0 Å². The van der Waals surface area contributed by atoms with Crippen LogP contribution in [0.25, 0.3) is 21.6 Å². The van der Waals surface area contributed by atoms with Crippen LogP contribution >= 0.6 is 0 Å². The Morgan fingerprint density at radius 1 is 1.18 bits per heavy atom. The van der Waals surface area contributed by atoms with Gasteiger partial charge in [-0.15, -0.1) is 0 Å². The number of benzene rings is 2. The van der Waals surface area contributed by atoms with Crippen molar-refractivity contribution < 1.29 is 9.47 Å². The van der Waals surface area contributed by atoms with Crippen molar-refractivity contribution in [1.82, 2.24) is 0 Å². The predicted octanol–water partition coefficient (Wildman–Crippen LogP) is 4.42. The highest BCUT2D eigenvalue weighted by atomic mass is 16.6. The molecule has 5 heteroatoms. The third-order valence-corrected chi connectivity index (χ3v) is 3.93. The van der Waals surface area contributed by atoms with Gasteiger partial charge in [-0.05, 0) is 42.1 Å². The Hall–Kier alpha value is -2.65. The third-order valence-electron chi connectivity index (χ3n) is 3.93. The van der Waals surface area contributed by atoms with Crippen molar-refractivity contribution in [3.63, 3.8) is 0 Å². The molecule has 1 atom stereocenters. The summed E-state index contributed by atoms with van der Waals surface area (Å²) in [6.07, 6.45) is -0.255. The summed E-state index contributed by atoms with van der Waals surface area (Å²) in [7, 11) is 0. The van der Waals surface area contributed by atoms with Gasteiger partial charge in [-0.1, -0.05) is 35.4 Å². The van der Waals surface area contributed by atoms with Crippen LogP contribution in [-0.2, 0) is 0 Å². The number of rotatable bonds is 3. The molecule has 0 saturated heterocycles. The second-order valence-corrected chi connectivity index (χ2v) is 5.34. The van der Waals surface area contributed by atoms with Crippen LogP contribution < -0.4 is 9.47 Å². The van der Waals surface area contributed by atoms with Gasteiger partial charge in [-0.2, -0.15) is 0 Å². The van der Waals surface area contributed by atoms with Crippen molar-refractivity contribution >= 4 is 0 Å². The largest absolute Gasteiger partial charge is 0.486 e. The van der Waals surface area contributed by atoms with Gasteiger partial charge in [-0.25, -0.2) is 0 Å². The number of para-hydroxylation sites is 1. The molecular weight excluding hydrogens is 278 g/mol. The molecule has 112 valence electrons. The Kier molecular flexibility index (Phi) is 3.90. The molecule has 2 aromatic carbocycles. The van der Waals surface area contributed by atoms with Crippen LogP contribution in [0, 0.1) is 13.8 Å². The minimum atomic E-state index is -0.255. The van der Waals surface area contributed by atoms with E-state index in [4.69, 9.17) is 15.0 Å². The molecular formula is C17H17N3O2. The minimum Gasteiger partial charge on any atom is -0.486 e.